The largest absolute Gasteiger partial charge is 0.361 e. The molecule has 1 saturated heterocycles. The van der Waals surface area contributed by atoms with Gasteiger partial charge in [0.1, 0.15) is 11.3 Å². The topological polar surface area (TPSA) is 88.3 Å². The standard InChI is InChI=1S/C19H24N4O3/c1-4-15-18(12(2)26-22-15)19(25)23-9-5-6-17(23)16-8-7-14(11-21-16)10-20-13(3)24/h7-8,11,17H,4-6,9-10H2,1-3H3,(H,20,24). The lowest BCUT2D eigenvalue weighted by atomic mass is 10.1. The molecule has 138 valence electrons. The van der Waals surface area contributed by atoms with E-state index in [0.29, 0.717) is 36.5 Å². The molecule has 1 unspecified atom stereocenters. The zero-order valence-corrected chi connectivity index (χ0v) is 15.4. The summed E-state index contributed by atoms with van der Waals surface area (Å²) in [7, 11) is 0. The monoisotopic (exact) mass is 356 g/mol. The molecule has 0 radical (unpaired) electrons. The summed E-state index contributed by atoms with van der Waals surface area (Å²) in [4.78, 5) is 30.5. The number of likely N-dealkylation sites (tertiary alicyclic amines) is 1. The van der Waals surface area contributed by atoms with E-state index in [2.05, 4.69) is 15.5 Å². The maximum absolute atomic E-state index is 13.1. The zero-order valence-electron chi connectivity index (χ0n) is 15.4. The highest BCUT2D eigenvalue weighted by molar-refractivity contribution is 5.96. The Labute approximate surface area is 152 Å². The summed E-state index contributed by atoms with van der Waals surface area (Å²) in [5.74, 6) is 0.459. The molecule has 1 aliphatic heterocycles. The molecule has 2 aromatic heterocycles. The average molecular weight is 356 g/mol. The number of carbonyl (C=O) groups excluding carboxylic acids is 2. The number of aromatic nitrogens is 2. The van der Waals surface area contributed by atoms with Crippen molar-refractivity contribution in [1.82, 2.24) is 20.4 Å². The van der Waals surface area contributed by atoms with Gasteiger partial charge in [0, 0.05) is 26.2 Å². The smallest absolute Gasteiger partial charge is 0.259 e. The number of nitrogens with one attached hydrogen (secondary N) is 1. The van der Waals surface area contributed by atoms with Gasteiger partial charge < -0.3 is 14.7 Å². The molecule has 26 heavy (non-hydrogen) atoms. The van der Waals surface area contributed by atoms with Gasteiger partial charge in [0.15, 0.2) is 0 Å². The Bertz CT molecular complexity index is 798. The molecule has 0 saturated carbocycles. The van der Waals surface area contributed by atoms with Gasteiger partial charge >= 0.3 is 0 Å². The van der Waals surface area contributed by atoms with Gasteiger partial charge in [-0.05, 0) is 37.8 Å². The van der Waals surface area contributed by atoms with Crippen LogP contribution < -0.4 is 5.32 Å². The van der Waals surface area contributed by atoms with Gasteiger partial charge in [-0.25, -0.2) is 0 Å². The quantitative estimate of drug-likeness (QED) is 0.889. The Kier molecular flexibility index (Phi) is 5.35. The van der Waals surface area contributed by atoms with Crippen LogP contribution in [0.1, 0.15) is 65.8 Å². The molecule has 1 atom stereocenters. The second-order valence-electron chi connectivity index (χ2n) is 6.57. The first kappa shape index (κ1) is 18.1. The third-order valence-corrected chi connectivity index (χ3v) is 4.73. The molecule has 1 fully saturated rings. The number of aryl methyl sites for hydroxylation is 2. The van der Waals surface area contributed by atoms with Crippen molar-refractivity contribution in [3.8, 4) is 0 Å². The van der Waals surface area contributed by atoms with Crippen molar-refractivity contribution in [3.63, 3.8) is 0 Å². The third kappa shape index (κ3) is 3.61. The molecule has 0 aliphatic carbocycles. The normalized spacial score (nSPS) is 16.7. The van der Waals surface area contributed by atoms with Crippen LogP contribution in [0, 0.1) is 6.92 Å². The van der Waals surface area contributed by atoms with Crippen LogP contribution in [0.4, 0.5) is 0 Å². The number of hydrogen-bond acceptors (Lipinski definition) is 5. The fourth-order valence-corrected chi connectivity index (χ4v) is 3.36. The molecule has 0 bridgehead atoms. The van der Waals surface area contributed by atoms with Crippen molar-refractivity contribution in [2.75, 3.05) is 6.54 Å². The van der Waals surface area contributed by atoms with Crippen molar-refractivity contribution in [1.29, 1.82) is 0 Å². The number of hydrogen-bond donors (Lipinski definition) is 1. The third-order valence-electron chi connectivity index (χ3n) is 4.73. The Balaban J connectivity index is 1.78. The minimum absolute atomic E-state index is 0.0350. The van der Waals surface area contributed by atoms with Gasteiger partial charge in [0.25, 0.3) is 5.91 Å². The van der Waals surface area contributed by atoms with Crippen LogP contribution in [0.2, 0.25) is 0 Å². The Morgan fingerprint density at radius 3 is 2.85 bits per heavy atom. The van der Waals surface area contributed by atoms with Crippen LogP contribution in [0.25, 0.3) is 0 Å². The summed E-state index contributed by atoms with van der Waals surface area (Å²) in [6, 6.07) is 3.84. The molecule has 1 aliphatic rings. The van der Waals surface area contributed by atoms with Gasteiger partial charge in [-0.15, -0.1) is 0 Å². The van der Waals surface area contributed by atoms with Crippen molar-refractivity contribution in [3.05, 3.63) is 46.6 Å². The number of pyridine rings is 1. The first-order chi connectivity index (χ1) is 12.5. The first-order valence-electron chi connectivity index (χ1n) is 8.96. The highest BCUT2D eigenvalue weighted by Gasteiger charge is 2.34. The first-order valence-corrected chi connectivity index (χ1v) is 8.96. The Morgan fingerprint density at radius 2 is 2.19 bits per heavy atom. The van der Waals surface area contributed by atoms with Crippen LogP contribution in [0.3, 0.4) is 0 Å². The van der Waals surface area contributed by atoms with E-state index in [-0.39, 0.29) is 17.9 Å². The van der Waals surface area contributed by atoms with Gasteiger partial charge in [-0.3, -0.25) is 14.6 Å². The second-order valence-corrected chi connectivity index (χ2v) is 6.57. The van der Waals surface area contributed by atoms with E-state index < -0.39 is 0 Å². The van der Waals surface area contributed by atoms with Gasteiger partial charge in [0.05, 0.1) is 17.4 Å². The fourth-order valence-electron chi connectivity index (χ4n) is 3.36. The van der Waals surface area contributed by atoms with Crippen LogP contribution in [0.15, 0.2) is 22.9 Å². The second kappa shape index (κ2) is 7.68. The summed E-state index contributed by atoms with van der Waals surface area (Å²) >= 11 is 0. The highest BCUT2D eigenvalue weighted by Crippen LogP contribution is 2.33. The predicted octanol–water partition coefficient (Wildman–Crippen LogP) is 2.55. The molecule has 3 heterocycles. The number of nitrogens with zero attached hydrogens (tertiary/aromatic N) is 3. The summed E-state index contributed by atoms with van der Waals surface area (Å²) in [5.41, 5.74) is 3.09. The summed E-state index contributed by atoms with van der Waals surface area (Å²) in [6.07, 6.45) is 4.24. The Morgan fingerprint density at radius 1 is 1.38 bits per heavy atom. The lowest BCUT2D eigenvalue weighted by Gasteiger charge is -2.24. The van der Waals surface area contributed by atoms with E-state index in [4.69, 9.17) is 4.52 Å². The summed E-state index contributed by atoms with van der Waals surface area (Å²) < 4.78 is 5.22. The van der Waals surface area contributed by atoms with Crippen molar-refractivity contribution < 1.29 is 14.1 Å². The lowest BCUT2D eigenvalue weighted by molar-refractivity contribution is -0.119. The van der Waals surface area contributed by atoms with E-state index in [1.165, 1.54) is 6.92 Å². The molecular weight excluding hydrogens is 332 g/mol. The lowest BCUT2D eigenvalue weighted by Crippen LogP contribution is -2.31. The maximum atomic E-state index is 13.1. The number of rotatable bonds is 5. The van der Waals surface area contributed by atoms with E-state index in [0.717, 1.165) is 24.1 Å². The molecule has 1 N–H and O–H groups in total. The van der Waals surface area contributed by atoms with Crippen molar-refractivity contribution >= 4 is 11.8 Å². The minimum Gasteiger partial charge on any atom is -0.361 e. The molecule has 7 heteroatoms. The summed E-state index contributed by atoms with van der Waals surface area (Å²) in [6.45, 7) is 6.38. The van der Waals surface area contributed by atoms with Crippen LogP contribution in [-0.4, -0.2) is 33.4 Å². The molecule has 0 aromatic carbocycles. The van der Waals surface area contributed by atoms with Crippen LogP contribution in [0.5, 0.6) is 0 Å². The average Bonchev–Trinajstić information content (AvgIpc) is 3.26. The Hall–Kier alpha value is -2.70. The van der Waals surface area contributed by atoms with E-state index >= 15 is 0 Å². The zero-order chi connectivity index (χ0) is 18.7. The van der Waals surface area contributed by atoms with Gasteiger partial charge in [-0.2, -0.15) is 0 Å². The van der Waals surface area contributed by atoms with Crippen molar-refractivity contribution in [2.45, 2.75) is 52.6 Å². The van der Waals surface area contributed by atoms with Gasteiger partial charge in [0.2, 0.25) is 5.91 Å². The number of amides is 2. The SMILES string of the molecule is CCc1noc(C)c1C(=O)N1CCCC1c1ccc(CNC(C)=O)cn1. The number of carbonyl (C=O) groups is 2. The van der Waals surface area contributed by atoms with E-state index in [1.54, 1.807) is 13.1 Å². The highest BCUT2D eigenvalue weighted by atomic mass is 16.5. The molecule has 0 spiro atoms. The predicted molar refractivity (Wildman–Crippen MR) is 95.4 cm³/mol. The van der Waals surface area contributed by atoms with Crippen molar-refractivity contribution in [2.24, 2.45) is 0 Å². The minimum atomic E-state index is -0.0718. The van der Waals surface area contributed by atoms with E-state index in [9.17, 15) is 9.59 Å². The fraction of sp³-hybridized carbons (Fsp3) is 0.474. The van der Waals surface area contributed by atoms with Crippen LogP contribution in [-0.2, 0) is 17.8 Å². The maximum Gasteiger partial charge on any atom is 0.259 e. The molecule has 7 nitrogen and oxygen atoms in total. The molecular formula is C19H24N4O3. The van der Waals surface area contributed by atoms with Gasteiger partial charge in [-0.1, -0.05) is 18.1 Å². The van der Waals surface area contributed by atoms with E-state index in [1.807, 2.05) is 24.0 Å². The molecule has 2 amide bonds. The van der Waals surface area contributed by atoms with Crippen LogP contribution >= 0.6 is 0 Å². The summed E-state index contributed by atoms with van der Waals surface area (Å²) in [5, 5.41) is 6.75. The molecule has 2 aromatic rings. The molecule has 3 rings (SSSR count).